The van der Waals surface area contributed by atoms with Gasteiger partial charge in [0.15, 0.2) is 5.52 Å². The number of rotatable bonds is 6. The summed E-state index contributed by atoms with van der Waals surface area (Å²) in [6, 6.07) is 13.8. The molecule has 1 saturated heterocycles. The molecule has 2 aromatic carbocycles. The molecular formula is C25H26N7O2+. The number of nitrogens with two attached hydrogens (primary N) is 1. The Morgan fingerprint density at radius 2 is 1.71 bits per heavy atom. The van der Waals surface area contributed by atoms with Gasteiger partial charge in [-0.1, -0.05) is 30.3 Å². The van der Waals surface area contributed by atoms with Gasteiger partial charge >= 0.3 is 0 Å². The van der Waals surface area contributed by atoms with Crippen molar-refractivity contribution in [2.75, 3.05) is 43.1 Å². The van der Waals surface area contributed by atoms with Crippen LogP contribution in [0.4, 0.5) is 11.8 Å². The fourth-order valence-corrected chi connectivity index (χ4v) is 4.29. The van der Waals surface area contributed by atoms with Crippen molar-refractivity contribution in [2.45, 2.75) is 6.42 Å². The maximum absolute atomic E-state index is 11.9. The van der Waals surface area contributed by atoms with Gasteiger partial charge < -0.3 is 15.4 Å². The number of piperazine rings is 1. The first-order valence-corrected chi connectivity index (χ1v) is 11.2. The number of H-pyrrole nitrogens is 1. The standard InChI is InChI=1S/C25H25N7O2/c1-34-22-13-21-19(12-20(22)23(26)33)24(30-16-29-21)31-7-9-32(10-8-31)25-27-14-18(15-28-25)11-17-5-3-2-4-6-17/h2-6,12-16H,7-11H2,1H3,(H2,26,33)/p+1. The summed E-state index contributed by atoms with van der Waals surface area (Å²) in [7, 11) is 1.51. The lowest BCUT2D eigenvalue weighted by atomic mass is 10.1. The molecule has 0 radical (unpaired) electrons. The molecule has 1 aliphatic rings. The minimum atomic E-state index is -0.536. The molecule has 3 N–H and O–H groups in total. The number of nitrogens with zero attached hydrogens (tertiary/aromatic N) is 5. The van der Waals surface area contributed by atoms with E-state index in [0.717, 1.165) is 60.8 Å². The van der Waals surface area contributed by atoms with Crippen LogP contribution in [-0.4, -0.2) is 54.1 Å². The van der Waals surface area contributed by atoms with Crippen LogP contribution in [0.25, 0.3) is 10.9 Å². The molecule has 2 aromatic heterocycles. The average Bonchev–Trinajstić information content (AvgIpc) is 2.88. The van der Waals surface area contributed by atoms with E-state index in [2.05, 4.69) is 41.9 Å². The topological polar surface area (TPSA) is 112 Å². The van der Waals surface area contributed by atoms with Gasteiger partial charge in [-0.05, 0) is 17.2 Å². The summed E-state index contributed by atoms with van der Waals surface area (Å²) in [5, 5.41) is 0.826. The zero-order valence-corrected chi connectivity index (χ0v) is 18.9. The van der Waals surface area contributed by atoms with E-state index in [9.17, 15) is 4.79 Å². The van der Waals surface area contributed by atoms with E-state index in [1.54, 1.807) is 18.5 Å². The second-order valence-electron chi connectivity index (χ2n) is 8.21. The molecule has 9 heteroatoms. The predicted molar refractivity (Wildman–Crippen MR) is 129 cm³/mol. The number of nitrogens with one attached hydrogen (secondary N) is 1. The number of ether oxygens (including phenoxy) is 1. The van der Waals surface area contributed by atoms with Crippen molar-refractivity contribution in [1.29, 1.82) is 0 Å². The fourth-order valence-electron chi connectivity index (χ4n) is 4.29. The van der Waals surface area contributed by atoms with Crippen LogP contribution in [0.1, 0.15) is 21.5 Å². The van der Waals surface area contributed by atoms with Gasteiger partial charge in [-0.15, -0.1) is 4.98 Å². The van der Waals surface area contributed by atoms with Crippen LogP contribution < -0.4 is 25.3 Å². The number of methoxy groups -OCH3 is 1. The summed E-state index contributed by atoms with van der Waals surface area (Å²) >= 11 is 0. The normalized spacial score (nSPS) is 13.8. The van der Waals surface area contributed by atoms with Crippen molar-refractivity contribution in [1.82, 2.24) is 15.0 Å². The van der Waals surface area contributed by atoms with Gasteiger partial charge in [0.05, 0.1) is 44.2 Å². The van der Waals surface area contributed by atoms with E-state index in [4.69, 9.17) is 10.5 Å². The molecule has 1 amide bonds. The first-order valence-electron chi connectivity index (χ1n) is 11.2. The third-order valence-corrected chi connectivity index (χ3v) is 6.06. The Kier molecular flexibility index (Phi) is 5.90. The molecular weight excluding hydrogens is 430 g/mol. The predicted octanol–water partition coefficient (Wildman–Crippen LogP) is 1.86. The summed E-state index contributed by atoms with van der Waals surface area (Å²) in [4.78, 5) is 33.2. The van der Waals surface area contributed by atoms with E-state index < -0.39 is 5.91 Å². The van der Waals surface area contributed by atoms with E-state index >= 15 is 0 Å². The molecule has 34 heavy (non-hydrogen) atoms. The molecule has 0 aliphatic carbocycles. The van der Waals surface area contributed by atoms with Gasteiger partial charge in [0.1, 0.15) is 5.75 Å². The maximum atomic E-state index is 11.9. The third kappa shape index (κ3) is 4.32. The Balaban J connectivity index is 1.30. The van der Waals surface area contributed by atoms with Gasteiger partial charge in [0.2, 0.25) is 18.1 Å². The number of benzene rings is 2. The van der Waals surface area contributed by atoms with Crippen LogP contribution in [0, 0.1) is 0 Å². The molecule has 172 valence electrons. The van der Waals surface area contributed by atoms with E-state index in [0.29, 0.717) is 11.3 Å². The number of fused-ring (bicyclic) bond motifs is 1. The van der Waals surface area contributed by atoms with Crippen LogP contribution in [0.3, 0.4) is 0 Å². The van der Waals surface area contributed by atoms with Crippen molar-refractivity contribution in [2.24, 2.45) is 5.73 Å². The highest BCUT2D eigenvalue weighted by Gasteiger charge is 2.26. The van der Waals surface area contributed by atoms with E-state index in [1.807, 2.05) is 30.6 Å². The minimum Gasteiger partial charge on any atom is -0.496 e. The number of aromatic amines is 1. The zero-order chi connectivity index (χ0) is 23.5. The van der Waals surface area contributed by atoms with Gasteiger partial charge in [-0.2, -0.15) is 0 Å². The van der Waals surface area contributed by atoms with Crippen molar-refractivity contribution in [3.05, 3.63) is 77.9 Å². The van der Waals surface area contributed by atoms with Crippen LogP contribution >= 0.6 is 0 Å². The van der Waals surface area contributed by atoms with Crippen LogP contribution in [-0.2, 0) is 6.42 Å². The number of carbonyl (C=O) groups is 1. The van der Waals surface area contributed by atoms with Crippen molar-refractivity contribution in [3.8, 4) is 5.75 Å². The van der Waals surface area contributed by atoms with E-state index in [1.165, 1.54) is 12.7 Å². The quantitative estimate of drug-likeness (QED) is 0.471. The van der Waals surface area contributed by atoms with Crippen molar-refractivity contribution >= 4 is 28.6 Å². The SMILES string of the molecule is COc1cc2nc[nH+]c(N3CCN(c4ncc(Cc5ccccc5)cn4)CC3)c2cc1C(N)=O. The highest BCUT2D eigenvalue weighted by Crippen LogP contribution is 2.29. The lowest BCUT2D eigenvalue weighted by Crippen LogP contribution is -2.48. The molecule has 0 atom stereocenters. The third-order valence-electron chi connectivity index (χ3n) is 6.06. The number of amides is 1. The van der Waals surface area contributed by atoms with Gasteiger partial charge in [0.25, 0.3) is 5.91 Å². The first-order chi connectivity index (χ1) is 16.6. The second kappa shape index (κ2) is 9.30. The fraction of sp³-hybridized carbons (Fsp3) is 0.240. The van der Waals surface area contributed by atoms with Crippen molar-refractivity contribution < 1.29 is 14.5 Å². The van der Waals surface area contributed by atoms with Gasteiger partial charge in [0, 0.05) is 24.9 Å². The molecule has 3 heterocycles. The average molecular weight is 457 g/mol. The molecule has 5 rings (SSSR count). The summed E-state index contributed by atoms with van der Waals surface area (Å²) in [6.07, 6.45) is 6.29. The number of hydrogen-bond donors (Lipinski definition) is 1. The van der Waals surface area contributed by atoms with Gasteiger partial charge in [-0.25, -0.2) is 15.0 Å². The molecule has 1 fully saturated rings. The number of aromatic nitrogens is 4. The molecule has 1 aliphatic heterocycles. The number of anilines is 2. The minimum absolute atomic E-state index is 0.334. The van der Waals surface area contributed by atoms with E-state index in [-0.39, 0.29) is 0 Å². The summed E-state index contributed by atoms with van der Waals surface area (Å²) < 4.78 is 5.32. The van der Waals surface area contributed by atoms with Crippen LogP contribution in [0.5, 0.6) is 5.75 Å². The Morgan fingerprint density at radius 3 is 2.38 bits per heavy atom. The molecule has 0 unspecified atom stereocenters. The zero-order valence-electron chi connectivity index (χ0n) is 18.9. The monoisotopic (exact) mass is 456 g/mol. The highest BCUT2D eigenvalue weighted by atomic mass is 16.5. The Bertz CT molecular complexity index is 1300. The largest absolute Gasteiger partial charge is 0.496 e. The van der Waals surface area contributed by atoms with Crippen LogP contribution in [0.15, 0.2) is 61.2 Å². The Morgan fingerprint density at radius 1 is 1.00 bits per heavy atom. The van der Waals surface area contributed by atoms with Gasteiger partial charge in [-0.3, -0.25) is 9.69 Å². The summed E-state index contributed by atoms with van der Waals surface area (Å²) in [5.74, 6) is 1.52. The highest BCUT2D eigenvalue weighted by molar-refractivity contribution is 6.02. The molecule has 0 bridgehead atoms. The smallest absolute Gasteiger partial charge is 0.252 e. The number of primary amides is 1. The van der Waals surface area contributed by atoms with Crippen molar-refractivity contribution in [3.63, 3.8) is 0 Å². The molecule has 0 saturated carbocycles. The Labute approximate surface area is 197 Å². The summed E-state index contributed by atoms with van der Waals surface area (Å²) in [6.45, 7) is 3.08. The van der Waals surface area contributed by atoms with Crippen LogP contribution in [0.2, 0.25) is 0 Å². The second-order valence-corrected chi connectivity index (χ2v) is 8.21. The maximum Gasteiger partial charge on any atom is 0.252 e. The lowest BCUT2D eigenvalue weighted by Gasteiger charge is -2.32. The Hall–Kier alpha value is -4.27. The lowest BCUT2D eigenvalue weighted by molar-refractivity contribution is -0.367. The first kappa shape index (κ1) is 21.6. The number of hydrogen-bond acceptors (Lipinski definition) is 7. The number of carbonyl (C=O) groups excluding carboxylic acids is 1. The molecule has 4 aromatic rings. The summed E-state index contributed by atoms with van der Waals surface area (Å²) in [5.41, 5.74) is 8.96. The molecule has 9 nitrogen and oxygen atoms in total. The molecule has 0 spiro atoms.